The molecule has 8 heteroatoms. The van der Waals surface area contributed by atoms with E-state index in [1.807, 2.05) is 0 Å². The molecule has 3 N–H and O–H groups in total. The Morgan fingerprint density at radius 1 is 1.45 bits per heavy atom. The first kappa shape index (κ1) is 15.0. The van der Waals surface area contributed by atoms with Crippen molar-refractivity contribution in [2.24, 2.45) is 5.73 Å². The summed E-state index contributed by atoms with van der Waals surface area (Å²) in [6.07, 6.45) is 1.63. The third-order valence-corrected chi connectivity index (χ3v) is 5.37. The third-order valence-electron chi connectivity index (χ3n) is 2.60. The standard InChI is InChI=1S/C12H13N3O2S3/c1-8(12-14-6-7-19-12)15-20(16,17)10-5-3-2-4-9(10)11(13)18/h2-8,15H,1H3,(H2,13,18). The van der Waals surface area contributed by atoms with Gasteiger partial charge >= 0.3 is 0 Å². The van der Waals surface area contributed by atoms with Crippen LogP contribution >= 0.6 is 23.6 Å². The van der Waals surface area contributed by atoms with Crippen LogP contribution in [0.1, 0.15) is 23.5 Å². The zero-order chi connectivity index (χ0) is 14.8. The van der Waals surface area contributed by atoms with Gasteiger partial charge in [0.2, 0.25) is 10.0 Å². The van der Waals surface area contributed by atoms with Gasteiger partial charge < -0.3 is 5.73 Å². The van der Waals surface area contributed by atoms with Gasteiger partial charge in [-0.1, -0.05) is 30.4 Å². The molecule has 5 nitrogen and oxygen atoms in total. The van der Waals surface area contributed by atoms with Crippen LogP contribution in [0, 0.1) is 0 Å². The lowest BCUT2D eigenvalue weighted by Crippen LogP contribution is -2.29. The van der Waals surface area contributed by atoms with Crippen LogP contribution in [0.25, 0.3) is 0 Å². The number of thiazole rings is 1. The average molecular weight is 327 g/mol. The van der Waals surface area contributed by atoms with E-state index >= 15 is 0 Å². The second kappa shape index (κ2) is 5.96. The van der Waals surface area contributed by atoms with Gasteiger partial charge in [0, 0.05) is 17.1 Å². The fraction of sp³-hybridized carbons (Fsp3) is 0.167. The number of nitrogens with zero attached hydrogens (tertiary/aromatic N) is 1. The predicted octanol–water partition coefficient (Wildman–Crippen LogP) is 1.82. The molecular formula is C12H13N3O2S3. The van der Waals surface area contributed by atoms with E-state index in [0.717, 1.165) is 0 Å². The number of nitrogens with one attached hydrogen (secondary N) is 1. The van der Waals surface area contributed by atoms with Crippen LogP contribution in [0.2, 0.25) is 0 Å². The van der Waals surface area contributed by atoms with E-state index in [9.17, 15) is 8.42 Å². The number of thiocarbonyl (C=S) groups is 1. The number of sulfonamides is 1. The third kappa shape index (κ3) is 3.21. The molecule has 1 atom stereocenters. The maximum Gasteiger partial charge on any atom is 0.241 e. The Kier molecular flexibility index (Phi) is 4.48. The fourth-order valence-corrected chi connectivity index (χ4v) is 4.09. The minimum Gasteiger partial charge on any atom is -0.389 e. The Bertz CT molecular complexity index is 711. The number of hydrogen-bond donors (Lipinski definition) is 2. The number of rotatable bonds is 5. The van der Waals surface area contributed by atoms with Crippen molar-refractivity contribution >= 4 is 38.6 Å². The molecule has 1 aromatic heterocycles. The van der Waals surface area contributed by atoms with E-state index in [1.165, 1.54) is 17.4 Å². The minimum absolute atomic E-state index is 0.0490. The highest BCUT2D eigenvalue weighted by molar-refractivity contribution is 7.89. The Labute approximate surface area is 126 Å². The van der Waals surface area contributed by atoms with Gasteiger partial charge in [0.15, 0.2) is 0 Å². The van der Waals surface area contributed by atoms with E-state index in [2.05, 4.69) is 9.71 Å². The van der Waals surface area contributed by atoms with Crippen LogP contribution in [0.3, 0.4) is 0 Å². The first-order chi connectivity index (χ1) is 9.42. The molecule has 1 aromatic carbocycles. The van der Waals surface area contributed by atoms with E-state index in [-0.39, 0.29) is 9.88 Å². The number of benzene rings is 1. The SMILES string of the molecule is CC(NS(=O)(=O)c1ccccc1C(N)=S)c1nccs1. The Hall–Kier alpha value is -1.35. The summed E-state index contributed by atoms with van der Waals surface area (Å²) in [4.78, 5) is 4.22. The Morgan fingerprint density at radius 3 is 2.75 bits per heavy atom. The van der Waals surface area contributed by atoms with Crippen LogP contribution in [-0.2, 0) is 10.0 Å². The molecule has 106 valence electrons. The molecule has 0 amide bonds. The van der Waals surface area contributed by atoms with Crippen molar-refractivity contribution < 1.29 is 8.42 Å². The first-order valence-electron chi connectivity index (χ1n) is 5.72. The summed E-state index contributed by atoms with van der Waals surface area (Å²) in [7, 11) is -3.71. The van der Waals surface area contributed by atoms with Gasteiger partial charge in [-0.25, -0.2) is 18.1 Å². The molecule has 0 aliphatic carbocycles. The summed E-state index contributed by atoms with van der Waals surface area (Å²) < 4.78 is 27.4. The number of aromatic nitrogens is 1. The molecule has 0 bridgehead atoms. The van der Waals surface area contributed by atoms with Crippen LogP contribution < -0.4 is 10.5 Å². The van der Waals surface area contributed by atoms with Gasteiger partial charge in [-0.15, -0.1) is 11.3 Å². The smallest absolute Gasteiger partial charge is 0.241 e. The topological polar surface area (TPSA) is 85.1 Å². The van der Waals surface area contributed by atoms with E-state index in [0.29, 0.717) is 10.6 Å². The molecule has 0 radical (unpaired) electrons. The van der Waals surface area contributed by atoms with Crippen molar-refractivity contribution in [3.05, 3.63) is 46.4 Å². The molecule has 0 aliphatic heterocycles. The highest BCUT2D eigenvalue weighted by Gasteiger charge is 2.23. The molecule has 0 fully saturated rings. The van der Waals surface area contributed by atoms with Gasteiger partial charge in [-0.3, -0.25) is 0 Å². The van der Waals surface area contributed by atoms with Crippen molar-refractivity contribution in [3.63, 3.8) is 0 Å². The lowest BCUT2D eigenvalue weighted by atomic mass is 10.2. The summed E-state index contributed by atoms with van der Waals surface area (Å²) in [5, 5.41) is 2.49. The number of hydrogen-bond acceptors (Lipinski definition) is 5. The molecule has 1 heterocycles. The summed E-state index contributed by atoms with van der Waals surface area (Å²) in [5.74, 6) is 0. The van der Waals surface area contributed by atoms with Crippen LogP contribution in [-0.4, -0.2) is 18.4 Å². The maximum absolute atomic E-state index is 12.4. The monoisotopic (exact) mass is 327 g/mol. The molecule has 0 saturated carbocycles. The van der Waals surface area contributed by atoms with Gasteiger partial charge in [-0.2, -0.15) is 0 Å². The van der Waals surface area contributed by atoms with Crippen molar-refractivity contribution in [1.29, 1.82) is 0 Å². The maximum atomic E-state index is 12.4. The van der Waals surface area contributed by atoms with Crippen molar-refractivity contribution in [2.75, 3.05) is 0 Å². The Morgan fingerprint density at radius 2 is 2.15 bits per heavy atom. The van der Waals surface area contributed by atoms with Crippen LogP contribution in [0.5, 0.6) is 0 Å². The van der Waals surface area contributed by atoms with Gasteiger partial charge in [0.05, 0.1) is 10.9 Å². The highest BCUT2D eigenvalue weighted by atomic mass is 32.2. The zero-order valence-corrected chi connectivity index (χ0v) is 13.1. The predicted molar refractivity (Wildman–Crippen MR) is 83.2 cm³/mol. The molecule has 20 heavy (non-hydrogen) atoms. The Balaban J connectivity index is 2.34. The largest absolute Gasteiger partial charge is 0.389 e. The van der Waals surface area contributed by atoms with Crippen LogP contribution in [0.4, 0.5) is 0 Å². The molecule has 0 saturated heterocycles. The lowest BCUT2D eigenvalue weighted by molar-refractivity contribution is 0.566. The number of nitrogens with two attached hydrogens (primary N) is 1. The summed E-state index contributed by atoms with van der Waals surface area (Å²) in [6.45, 7) is 1.74. The minimum atomic E-state index is -3.71. The second-order valence-corrected chi connectivity index (χ2v) is 7.12. The second-order valence-electron chi connectivity index (χ2n) is 4.07. The average Bonchev–Trinajstić information content (AvgIpc) is 2.92. The summed E-state index contributed by atoms with van der Waals surface area (Å²) in [5.41, 5.74) is 5.90. The molecule has 0 spiro atoms. The van der Waals surface area contributed by atoms with Crippen molar-refractivity contribution in [3.8, 4) is 0 Å². The molecular weight excluding hydrogens is 314 g/mol. The van der Waals surface area contributed by atoms with Gasteiger partial charge in [0.25, 0.3) is 0 Å². The fourth-order valence-electron chi connectivity index (χ4n) is 1.70. The lowest BCUT2D eigenvalue weighted by Gasteiger charge is -2.14. The highest BCUT2D eigenvalue weighted by Crippen LogP contribution is 2.20. The normalized spacial score (nSPS) is 13.1. The van der Waals surface area contributed by atoms with E-state index < -0.39 is 16.1 Å². The van der Waals surface area contributed by atoms with Crippen molar-refractivity contribution in [2.45, 2.75) is 17.9 Å². The van der Waals surface area contributed by atoms with E-state index in [4.69, 9.17) is 18.0 Å². The van der Waals surface area contributed by atoms with Gasteiger partial charge in [0.1, 0.15) is 10.00 Å². The molecule has 2 rings (SSSR count). The molecule has 0 aliphatic rings. The molecule has 1 unspecified atom stereocenters. The summed E-state index contributed by atoms with van der Waals surface area (Å²) in [6, 6.07) is 5.97. The first-order valence-corrected chi connectivity index (χ1v) is 8.49. The zero-order valence-electron chi connectivity index (χ0n) is 10.6. The van der Waals surface area contributed by atoms with Gasteiger partial charge in [-0.05, 0) is 13.0 Å². The molecule has 2 aromatic rings. The summed E-state index contributed by atoms with van der Waals surface area (Å²) >= 11 is 6.28. The van der Waals surface area contributed by atoms with E-state index in [1.54, 1.807) is 36.7 Å². The van der Waals surface area contributed by atoms with Crippen LogP contribution in [0.15, 0.2) is 40.7 Å². The quantitative estimate of drug-likeness (QED) is 0.818. The van der Waals surface area contributed by atoms with Crippen molar-refractivity contribution in [1.82, 2.24) is 9.71 Å².